The van der Waals surface area contributed by atoms with Crippen LogP contribution in [0.3, 0.4) is 0 Å². The van der Waals surface area contributed by atoms with E-state index in [1.54, 1.807) is 0 Å². The zero-order valence-corrected chi connectivity index (χ0v) is 32.9. The fourth-order valence-corrected chi connectivity index (χ4v) is 9.03. The topological polar surface area (TPSA) is 30.0 Å². The smallest absolute Gasteiger partial charge is 0.310 e. The Hall–Kier alpha value is -7.89. The Labute approximate surface area is 349 Å². The van der Waals surface area contributed by atoms with Crippen LogP contribution in [-0.4, -0.2) is 19.1 Å². The first kappa shape index (κ1) is 35.3. The molecule has 60 heavy (non-hydrogen) atoms. The number of hydrogen-bond acceptors (Lipinski definition) is 3. The number of nitrogens with zero attached hydrogens (tertiary/aromatic N) is 4. The van der Waals surface area contributed by atoms with E-state index >= 15 is 0 Å². The Morgan fingerprint density at radius 1 is 0.317 bits per heavy atom. The third kappa shape index (κ3) is 6.07. The number of benzene rings is 10. The molecule has 0 bridgehead atoms. The molecule has 1 saturated heterocycles. The number of carbonyl (C=O) groups excluding carboxylic acids is 1. The maximum absolute atomic E-state index is 14.2. The fourth-order valence-electron chi connectivity index (χ4n) is 9.03. The molecule has 1 aliphatic heterocycles. The number of anilines is 8. The summed E-state index contributed by atoms with van der Waals surface area (Å²) in [5, 5.41) is 9.64. The minimum Gasteiger partial charge on any atom is -0.310 e. The molecule has 0 atom stereocenters. The lowest BCUT2D eigenvalue weighted by Gasteiger charge is -2.28. The lowest BCUT2D eigenvalue weighted by molar-refractivity contribution is 0.256. The second-order valence-corrected chi connectivity index (χ2v) is 15.3. The molecular weight excluding hydrogens is 733 g/mol. The Balaban J connectivity index is 0.906. The van der Waals surface area contributed by atoms with E-state index in [1.807, 2.05) is 21.9 Å². The molecule has 0 radical (unpaired) electrons. The average molecular weight is 773 g/mol. The molecule has 10 aromatic carbocycles. The van der Waals surface area contributed by atoms with Gasteiger partial charge < -0.3 is 9.80 Å². The molecule has 1 aliphatic rings. The van der Waals surface area contributed by atoms with Crippen LogP contribution in [0.4, 0.5) is 50.3 Å². The maximum atomic E-state index is 14.2. The highest BCUT2D eigenvalue weighted by atomic mass is 16.2. The van der Waals surface area contributed by atoms with Crippen LogP contribution in [0, 0.1) is 0 Å². The number of carbonyl (C=O) groups is 1. The highest BCUT2D eigenvalue weighted by Gasteiger charge is 2.31. The number of rotatable bonds is 8. The van der Waals surface area contributed by atoms with Gasteiger partial charge in [-0.25, -0.2) is 4.79 Å². The van der Waals surface area contributed by atoms with Crippen molar-refractivity contribution in [3.05, 3.63) is 218 Å². The lowest BCUT2D eigenvalue weighted by atomic mass is 9.99. The van der Waals surface area contributed by atoms with E-state index in [0.717, 1.165) is 45.5 Å². The van der Waals surface area contributed by atoms with E-state index in [1.165, 1.54) is 43.1 Å². The van der Waals surface area contributed by atoms with Crippen molar-refractivity contribution >= 4 is 94.6 Å². The van der Waals surface area contributed by atoms with Gasteiger partial charge in [-0.1, -0.05) is 133 Å². The van der Waals surface area contributed by atoms with Gasteiger partial charge in [0.05, 0.1) is 11.4 Å². The zero-order valence-electron chi connectivity index (χ0n) is 32.9. The van der Waals surface area contributed by atoms with E-state index in [0.29, 0.717) is 13.1 Å². The van der Waals surface area contributed by atoms with Crippen LogP contribution in [-0.2, 0) is 0 Å². The highest BCUT2D eigenvalue weighted by molar-refractivity contribution is 6.16. The third-order valence-electron chi connectivity index (χ3n) is 11.9. The van der Waals surface area contributed by atoms with Crippen LogP contribution < -0.4 is 19.6 Å². The van der Waals surface area contributed by atoms with Crippen molar-refractivity contribution < 1.29 is 4.79 Å². The maximum Gasteiger partial charge on any atom is 0.329 e. The monoisotopic (exact) mass is 772 g/mol. The standard InChI is InChI=1S/C55H40N4O/c60-55-56(41-27-31-45(32-28-41)58(43-17-3-1-4-18-43)53-37-39-15-7-9-21-47(39)49-23-11-13-25-51(49)53)35-36-57(55)42-29-33-46(34-30-42)59(44-19-5-2-6-20-44)54-38-40-16-8-10-22-48(40)50-24-12-14-26-52(50)54/h1-34,37-38H,35-36H2. The summed E-state index contributed by atoms with van der Waals surface area (Å²) in [5.41, 5.74) is 8.13. The Bertz CT molecular complexity index is 2970. The third-order valence-corrected chi connectivity index (χ3v) is 11.9. The van der Waals surface area contributed by atoms with Crippen molar-refractivity contribution in [1.29, 1.82) is 0 Å². The van der Waals surface area contributed by atoms with Gasteiger partial charge in [0.1, 0.15) is 0 Å². The minimum atomic E-state index is -0.0311. The van der Waals surface area contributed by atoms with Gasteiger partial charge in [0.2, 0.25) is 0 Å². The number of para-hydroxylation sites is 2. The molecule has 11 rings (SSSR count). The van der Waals surface area contributed by atoms with Gasteiger partial charge in [0, 0.05) is 58.0 Å². The molecule has 1 heterocycles. The second-order valence-electron chi connectivity index (χ2n) is 15.3. The summed E-state index contributed by atoms with van der Waals surface area (Å²) in [5.74, 6) is 0. The zero-order chi connectivity index (χ0) is 40.0. The SMILES string of the molecule is O=C1N(c2ccc(N(c3ccccc3)c3cc4ccccc4c4ccccc34)cc2)CCN1c1ccc(N(c2ccccc2)c2cc3ccccc3c3ccccc23)cc1. The molecule has 10 aromatic rings. The van der Waals surface area contributed by atoms with Crippen molar-refractivity contribution in [3.8, 4) is 0 Å². The molecule has 5 heteroatoms. The largest absolute Gasteiger partial charge is 0.329 e. The molecule has 0 unspecified atom stereocenters. The van der Waals surface area contributed by atoms with Crippen molar-refractivity contribution in [2.45, 2.75) is 0 Å². The normalized spacial score (nSPS) is 12.8. The van der Waals surface area contributed by atoms with Gasteiger partial charge >= 0.3 is 6.03 Å². The van der Waals surface area contributed by atoms with Gasteiger partial charge in [0.15, 0.2) is 0 Å². The van der Waals surface area contributed by atoms with Gasteiger partial charge in [0.25, 0.3) is 0 Å². The minimum absolute atomic E-state index is 0.0311. The summed E-state index contributed by atoms with van der Waals surface area (Å²) in [6, 6.07) is 76.8. The van der Waals surface area contributed by atoms with Gasteiger partial charge in [-0.2, -0.15) is 0 Å². The molecular formula is C55H40N4O. The second kappa shape index (κ2) is 14.8. The Morgan fingerprint density at radius 3 is 1.03 bits per heavy atom. The van der Waals surface area contributed by atoms with Crippen LogP contribution in [0.2, 0.25) is 0 Å². The fraction of sp³-hybridized carbons (Fsp3) is 0.0364. The van der Waals surface area contributed by atoms with Crippen LogP contribution >= 0.6 is 0 Å². The molecule has 0 spiro atoms. The first-order valence-corrected chi connectivity index (χ1v) is 20.5. The van der Waals surface area contributed by atoms with E-state index in [-0.39, 0.29) is 6.03 Å². The summed E-state index contributed by atoms with van der Waals surface area (Å²) in [7, 11) is 0. The molecule has 286 valence electrons. The van der Waals surface area contributed by atoms with Crippen molar-refractivity contribution in [2.75, 3.05) is 32.7 Å². The molecule has 0 N–H and O–H groups in total. The van der Waals surface area contributed by atoms with E-state index < -0.39 is 0 Å². The number of hydrogen-bond donors (Lipinski definition) is 0. The van der Waals surface area contributed by atoms with E-state index in [4.69, 9.17) is 0 Å². The van der Waals surface area contributed by atoms with E-state index in [2.05, 4.69) is 216 Å². The predicted octanol–water partition coefficient (Wildman–Crippen LogP) is 14.7. The molecule has 0 aliphatic carbocycles. The molecule has 0 saturated carbocycles. The highest BCUT2D eigenvalue weighted by Crippen LogP contribution is 2.44. The molecule has 1 fully saturated rings. The first-order chi connectivity index (χ1) is 29.7. The number of amides is 2. The van der Waals surface area contributed by atoms with Crippen LogP contribution in [0.5, 0.6) is 0 Å². The predicted molar refractivity (Wildman–Crippen MR) is 252 cm³/mol. The Kier molecular flexibility index (Phi) is 8.71. The molecule has 2 amide bonds. The summed E-state index contributed by atoms with van der Waals surface area (Å²) in [4.78, 5) is 22.6. The summed E-state index contributed by atoms with van der Waals surface area (Å²) in [6.45, 7) is 1.19. The first-order valence-electron chi connectivity index (χ1n) is 20.5. The van der Waals surface area contributed by atoms with Crippen LogP contribution in [0.1, 0.15) is 0 Å². The number of fused-ring (bicyclic) bond motifs is 6. The van der Waals surface area contributed by atoms with Crippen LogP contribution in [0.25, 0.3) is 43.1 Å². The Morgan fingerprint density at radius 2 is 0.633 bits per heavy atom. The van der Waals surface area contributed by atoms with Crippen molar-refractivity contribution in [1.82, 2.24) is 0 Å². The lowest BCUT2D eigenvalue weighted by Crippen LogP contribution is -2.31. The average Bonchev–Trinajstić information content (AvgIpc) is 3.71. The summed E-state index contributed by atoms with van der Waals surface area (Å²) in [6.07, 6.45) is 0. The van der Waals surface area contributed by atoms with Gasteiger partial charge in [-0.3, -0.25) is 9.80 Å². The quantitative estimate of drug-likeness (QED) is 0.144. The van der Waals surface area contributed by atoms with Gasteiger partial charge in [-0.15, -0.1) is 0 Å². The van der Waals surface area contributed by atoms with Crippen molar-refractivity contribution in [2.24, 2.45) is 0 Å². The number of urea groups is 1. The van der Waals surface area contributed by atoms with E-state index in [9.17, 15) is 4.79 Å². The summed E-state index contributed by atoms with van der Waals surface area (Å²) >= 11 is 0. The summed E-state index contributed by atoms with van der Waals surface area (Å²) < 4.78 is 0. The van der Waals surface area contributed by atoms with Crippen molar-refractivity contribution in [3.63, 3.8) is 0 Å². The van der Waals surface area contributed by atoms with Gasteiger partial charge in [-0.05, 0) is 117 Å². The molecule has 5 nitrogen and oxygen atoms in total. The molecule has 0 aromatic heterocycles. The van der Waals surface area contributed by atoms with Crippen LogP contribution in [0.15, 0.2) is 218 Å².